The molecule has 0 aliphatic rings. The summed E-state index contributed by atoms with van der Waals surface area (Å²) in [6.07, 6.45) is -1.04. The maximum absolute atomic E-state index is 12.6. The second-order valence-electron chi connectivity index (χ2n) is 6.49. The Kier molecular flexibility index (Phi) is 6.07. The molecule has 4 N–H and O–H groups in total. The molecule has 0 heterocycles. The average Bonchev–Trinajstić information content (AvgIpc) is 2.75. The maximum Gasteiger partial charge on any atom is 0.269 e. The molecule has 29 heavy (non-hydrogen) atoms. The number of amides is 2. The van der Waals surface area contributed by atoms with Gasteiger partial charge in [-0.3, -0.25) is 20.4 Å². The highest BCUT2D eigenvalue weighted by Gasteiger charge is 2.25. The molecule has 146 valence electrons. The molecule has 0 aliphatic heterocycles. The minimum Gasteiger partial charge on any atom is -0.391 e. The van der Waals surface area contributed by atoms with Gasteiger partial charge in [0.25, 0.3) is 11.8 Å². The normalized spacial score (nSPS) is 12.4. The van der Waals surface area contributed by atoms with E-state index in [4.69, 9.17) is 0 Å². The summed E-state index contributed by atoms with van der Waals surface area (Å²) < 4.78 is 0. The molecule has 0 spiro atoms. The van der Waals surface area contributed by atoms with Crippen LogP contribution in [0.15, 0.2) is 66.7 Å². The van der Waals surface area contributed by atoms with Crippen molar-refractivity contribution in [3.63, 3.8) is 0 Å². The summed E-state index contributed by atoms with van der Waals surface area (Å²) >= 11 is 0. The van der Waals surface area contributed by atoms with Crippen molar-refractivity contribution in [1.29, 1.82) is 5.26 Å². The largest absolute Gasteiger partial charge is 0.391 e. The maximum atomic E-state index is 12.6. The fraction of sp³-hybridized carbons (Fsp3) is 0.136. The van der Waals surface area contributed by atoms with E-state index in [-0.39, 0.29) is 0 Å². The number of nitriles is 1. The fourth-order valence-electron chi connectivity index (χ4n) is 2.95. The molecule has 3 aromatic rings. The number of carbonyl (C=O) groups is 2. The van der Waals surface area contributed by atoms with Crippen LogP contribution in [0.1, 0.15) is 22.8 Å². The van der Waals surface area contributed by atoms with E-state index in [2.05, 4.69) is 22.2 Å². The summed E-state index contributed by atoms with van der Waals surface area (Å²) in [5.41, 5.74) is 6.18. The van der Waals surface area contributed by atoms with Gasteiger partial charge in [0, 0.05) is 22.0 Å². The fourth-order valence-corrected chi connectivity index (χ4v) is 2.95. The van der Waals surface area contributed by atoms with E-state index in [9.17, 15) is 20.0 Å². The molecule has 0 aromatic heterocycles. The first-order valence-corrected chi connectivity index (χ1v) is 9.03. The monoisotopic (exact) mass is 388 g/mol. The third-order valence-electron chi connectivity index (χ3n) is 4.46. The van der Waals surface area contributed by atoms with Crippen molar-refractivity contribution in [3.8, 4) is 6.07 Å². The van der Waals surface area contributed by atoms with Crippen LogP contribution in [-0.4, -0.2) is 29.1 Å². The highest BCUT2D eigenvalue weighted by Crippen LogP contribution is 2.27. The lowest BCUT2D eigenvalue weighted by Crippen LogP contribution is -2.52. The van der Waals surface area contributed by atoms with Crippen molar-refractivity contribution in [2.75, 3.05) is 5.32 Å². The minimum absolute atomic E-state index is 0.396. The summed E-state index contributed by atoms with van der Waals surface area (Å²) in [6, 6.07) is 20.2. The van der Waals surface area contributed by atoms with Crippen molar-refractivity contribution in [3.05, 3.63) is 77.9 Å². The summed E-state index contributed by atoms with van der Waals surface area (Å²) in [4.78, 5) is 24.7. The summed E-state index contributed by atoms with van der Waals surface area (Å²) in [5, 5.41) is 23.9. The van der Waals surface area contributed by atoms with Gasteiger partial charge >= 0.3 is 0 Å². The molecule has 2 amide bonds. The quantitative estimate of drug-likeness (QED) is 0.501. The van der Waals surface area contributed by atoms with Gasteiger partial charge in [-0.05, 0) is 31.2 Å². The predicted molar refractivity (Wildman–Crippen MR) is 110 cm³/mol. The number of aliphatic hydroxyl groups is 1. The molecule has 7 nitrogen and oxygen atoms in total. The van der Waals surface area contributed by atoms with Crippen LogP contribution in [0.25, 0.3) is 10.8 Å². The van der Waals surface area contributed by atoms with Crippen molar-refractivity contribution >= 4 is 28.3 Å². The van der Waals surface area contributed by atoms with Gasteiger partial charge in [0.15, 0.2) is 0 Å². The Morgan fingerprint density at radius 1 is 0.931 bits per heavy atom. The standard InChI is InChI=1S/C22H20N4O3/c1-14(27)20(22(29)26-25-21(28)15-7-3-2-4-8-15)24-19-12-11-16(13-23)17-9-5-6-10-18(17)19/h2-12,14,20,24,27H,1H3,(H,25,28)(H,26,29)/t14-,20+/m0/s1. The van der Waals surface area contributed by atoms with Crippen LogP contribution in [0.4, 0.5) is 5.69 Å². The van der Waals surface area contributed by atoms with Gasteiger partial charge in [0.05, 0.1) is 17.7 Å². The smallest absolute Gasteiger partial charge is 0.269 e. The number of fused-ring (bicyclic) bond motifs is 1. The van der Waals surface area contributed by atoms with E-state index in [0.717, 1.165) is 10.8 Å². The van der Waals surface area contributed by atoms with Gasteiger partial charge in [0.1, 0.15) is 6.04 Å². The highest BCUT2D eigenvalue weighted by molar-refractivity contribution is 6.00. The SMILES string of the molecule is C[C@H](O)[C@@H](Nc1ccc(C#N)c2ccccc12)C(=O)NNC(=O)c1ccccc1. The second-order valence-corrected chi connectivity index (χ2v) is 6.49. The summed E-state index contributed by atoms with van der Waals surface area (Å²) in [6.45, 7) is 1.47. The van der Waals surface area contributed by atoms with Crippen LogP contribution in [0.5, 0.6) is 0 Å². The molecule has 0 bridgehead atoms. The van der Waals surface area contributed by atoms with E-state index >= 15 is 0 Å². The van der Waals surface area contributed by atoms with Crippen LogP contribution < -0.4 is 16.2 Å². The number of hydrogen-bond donors (Lipinski definition) is 4. The van der Waals surface area contributed by atoms with Gasteiger partial charge in [-0.25, -0.2) is 0 Å². The van der Waals surface area contributed by atoms with Crippen LogP contribution in [0, 0.1) is 11.3 Å². The van der Waals surface area contributed by atoms with E-state index in [1.165, 1.54) is 6.92 Å². The van der Waals surface area contributed by atoms with Crippen LogP contribution >= 0.6 is 0 Å². The summed E-state index contributed by atoms with van der Waals surface area (Å²) in [5.74, 6) is -1.06. The first-order valence-electron chi connectivity index (χ1n) is 9.03. The molecule has 2 atom stereocenters. The minimum atomic E-state index is -1.04. The first-order chi connectivity index (χ1) is 14.0. The van der Waals surface area contributed by atoms with Crippen LogP contribution in [0.2, 0.25) is 0 Å². The highest BCUT2D eigenvalue weighted by atomic mass is 16.3. The van der Waals surface area contributed by atoms with E-state index in [1.54, 1.807) is 42.5 Å². The van der Waals surface area contributed by atoms with Crippen LogP contribution in [-0.2, 0) is 4.79 Å². The number of rotatable bonds is 5. The van der Waals surface area contributed by atoms with E-state index in [1.807, 2.05) is 24.3 Å². The Hall–Kier alpha value is -3.89. The molecule has 3 aromatic carbocycles. The Balaban J connectivity index is 1.77. The Morgan fingerprint density at radius 2 is 1.59 bits per heavy atom. The molecule has 0 radical (unpaired) electrons. The number of carbonyl (C=O) groups excluding carboxylic acids is 2. The Labute approximate surface area is 167 Å². The van der Waals surface area contributed by atoms with Crippen molar-refractivity contribution in [2.45, 2.75) is 19.1 Å². The van der Waals surface area contributed by atoms with Gasteiger partial charge in [-0.2, -0.15) is 5.26 Å². The molecule has 0 saturated carbocycles. The van der Waals surface area contributed by atoms with Crippen molar-refractivity contribution in [1.82, 2.24) is 10.9 Å². The number of aliphatic hydroxyl groups excluding tert-OH is 1. The van der Waals surface area contributed by atoms with Gasteiger partial charge in [-0.15, -0.1) is 0 Å². The molecule has 7 heteroatoms. The number of nitrogens with one attached hydrogen (secondary N) is 3. The number of hydrazine groups is 1. The first kappa shape index (κ1) is 19.9. The molecular weight excluding hydrogens is 368 g/mol. The Bertz CT molecular complexity index is 1070. The lowest BCUT2D eigenvalue weighted by atomic mass is 10.0. The van der Waals surface area contributed by atoms with Gasteiger partial charge in [-0.1, -0.05) is 42.5 Å². The molecule has 0 saturated heterocycles. The third kappa shape index (κ3) is 4.51. The van der Waals surface area contributed by atoms with Crippen molar-refractivity contribution in [2.24, 2.45) is 0 Å². The Morgan fingerprint density at radius 3 is 2.24 bits per heavy atom. The summed E-state index contributed by atoms with van der Waals surface area (Å²) in [7, 11) is 0. The zero-order chi connectivity index (χ0) is 20.8. The van der Waals surface area contributed by atoms with Crippen molar-refractivity contribution < 1.29 is 14.7 Å². The molecular formula is C22H20N4O3. The number of anilines is 1. The zero-order valence-electron chi connectivity index (χ0n) is 15.7. The molecule has 0 unspecified atom stereocenters. The zero-order valence-corrected chi connectivity index (χ0v) is 15.7. The predicted octanol–water partition coefficient (Wildman–Crippen LogP) is 2.33. The van der Waals surface area contributed by atoms with Gasteiger partial charge < -0.3 is 10.4 Å². The lowest BCUT2D eigenvalue weighted by Gasteiger charge is -2.23. The van der Waals surface area contributed by atoms with E-state index < -0.39 is 24.0 Å². The third-order valence-corrected chi connectivity index (χ3v) is 4.46. The lowest BCUT2D eigenvalue weighted by molar-refractivity contribution is -0.124. The molecule has 3 rings (SSSR count). The van der Waals surface area contributed by atoms with Gasteiger partial charge in [0.2, 0.25) is 0 Å². The number of nitrogens with zero attached hydrogens (tertiary/aromatic N) is 1. The number of benzene rings is 3. The molecule has 0 fully saturated rings. The average molecular weight is 388 g/mol. The van der Waals surface area contributed by atoms with Crippen LogP contribution in [0.3, 0.4) is 0 Å². The van der Waals surface area contributed by atoms with E-state index in [0.29, 0.717) is 16.8 Å². The second kappa shape index (κ2) is 8.87. The topological polar surface area (TPSA) is 114 Å². The molecule has 0 aliphatic carbocycles. The number of hydrogen-bond acceptors (Lipinski definition) is 5.